The maximum atomic E-state index is 14.6. The fraction of sp³-hybridized carbons (Fsp3) is 0.391. The summed E-state index contributed by atoms with van der Waals surface area (Å²) in [6, 6.07) is 11.9. The SMILES string of the molecule is O=C(NCc1ccc(N2CCC(O)CC2)c(F)c1)C1CC(=O)N(c2cccc(Cl)c2)C1. The van der Waals surface area contributed by atoms with Crippen molar-refractivity contribution in [1.29, 1.82) is 0 Å². The molecule has 0 spiro atoms. The number of benzene rings is 2. The van der Waals surface area contributed by atoms with Crippen LogP contribution < -0.4 is 15.1 Å². The number of nitrogens with zero attached hydrogens (tertiary/aromatic N) is 2. The second kappa shape index (κ2) is 9.24. The summed E-state index contributed by atoms with van der Waals surface area (Å²) in [5.74, 6) is -1.15. The predicted octanol–water partition coefficient (Wildman–Crippen LogP) is 3.11. The van der Waals surface area contributed by atoms with Crippen LogP contribution in [0.25, 0.3) is 0 Å². The normalized spacial score (nSPS) is 19.7. The van der Waals surface area contributed by atoms with E-state index in [0.29, 0.717) is 54.4 Å². The van der Waals surface area contributed by atoms with Crippen molar-refractivity contribution < 1.29 is 19.1 Å². The number of aliphatic hydroxyl groups excluding tert-OH is 1. The number of carbonyl (C=O) groups is 2. The molecular formula is C23H25ClFN3O3. The highest BCUT2D eigenvalue weighted by Gasteiger charge is 2.35. The molecule has 0 saturated carbocycles. The number of anilines is 2. The summed E-state index contributed by atoms with van der Waals surface area (Å²) >= 11 is 6.01. The fourth-order valence-electron chi connectivity index (χ4n) is 4.13. The van der Waals surface area contributed by atoms with Crippen LogP contribution in [0.15, 0.2) is 42.5 Å². The molecule has 2 aromatic rings. The van der Waals surface area contributed by atoms with Gasteiger partial charge in [-0.1, -0.05) is 23.7 Å². The number of amides is 2. The second-order valence-corrected chi connectivity index (χ2v) is 8.54. The molecule has 0 bridgehead atoms. The highest BCUT2D eigenvalue weighted by Crippen LogP contribution is 2.28. The zero-order chi connectivity index (χ0) is 22.0. The van der Waals surface area contributed by atoms with Crippen molar-refractivity contribution in [1.82, 2.24) is 5.32 Å². The number of halogens is 2. The number of hydrogen-bond acceptors (Lipinski definition) is 4. The lowest BCUT2D eigenvalue weighted by molar-refractivity contribution is -0.126. The third-order valence-corrected chi connectivity index (χ3v) is 6.13. The molecule has 2 saturated heterocycles. The van der Waals surface area contributed by atoms with E-state index in [1.807, 2.05) is 4.90 Å². The van der Waals surface area contributed by atoms with Gasteiger partial charge in [-0.3, -0.25) is 9.59 Å². The first-order valence-corrected chi connectivity index (χ1v) is 10.8. The summed E-state index contributed by atoms with van der Waals surface area (Å²) in [5.41, 5.74) is 1.85. The molecule has 164 valence electrons. The van der Waals surface area contributed by atoms with Crippen molar-refractivity contribution >= 4 is 34.8 Å². The van der Waals surface area contributed by atoms with Gasteiger partial charge in [0.25, 0.3) is 0 Å². The van der Waals surface area contributed by atoms with Gasteiger partial charge in [0.2, 0.25) is 11.8 Å². The molecule has 1 atom stereocenters. The third-order valence-electron chi connectivity index (χ3n) is 5.90. The van der Waals surface area contributed by atoms with Crippen LogP contribution in [0.1, 0.15) is 24.8 Å². The van der Waals surface area contributed by atoms with Crippen LogP contribution in [0.5, 0.6) is 0 Å². The first kappa shape index (κ1) is 21.6. The third kappa shape index (κ3) is 4.99. The topological polar surface area (TPSA) is 72.9 Å². The summed E-state index contributed by atoms with van der Waals surface area (Å²) in [7, 11) is 0. The smallest absolute Gasteiger partial charge is 0.227 e. The summed E-state index contributed by atoms with van der Waals surface area (Å²) in [4.78, 5) is 28.5. The van der Waals surface area contributed by atoms with Gasteiger partial charge in [-0.2, -0.15) is 0 Å². The highest BCUT2D eigenvalue weighted by atomic mass is 35.5. The van der Waals surface area contributed by atoms with Gasteiger partial charge in [0, 0.05) is 43.3 Å². The largest absolute Gasteiger partial charge is 0.393 e. The minimum absolute atomic E-state index is 0.121. The number of rotatable bonds is 5. The molecule has 1 unspecified atom stereocenters. The zero-order valence-electron chi connectivity index (χ0n) is 17.1. The maximum Gasteiger partial charge on any atom is 0.227 e. The van der Waals surface area contributed by atoms with Crippen LogP contribution in [0, 0.1) is 11.7 Å². The molecule has 2 fully saturated rings. The van der Waals surface area contributed by atoms with E-state index in [1.54, 1.807) is 41.3 Å². The van der Waals surface area contributed by atoms with E-state index in [4.69, 9.17) is 11.6 Å². The van der Waals surface area contributed by atoms with Crippen molar-refractivity contribution in [2.24, 2.45) is 5.92 Å². The Bertz CT molecular complexity index is 978. The van der Waals surface area contributed by atoms with E-state index < -0.39 is 5.92 Å². The minimum Gasteiger partial charge on any atom is -0.393 e. The van der Waals surface area contributed by atoms with E-state index in [9.17, 15) is 19.1 Å². The average Bonchev–Trinajstić information content (AvgIpc) is 3.15. The van der Waals surface area contributed by atoms with Crippen LogP contribution >= 0.6 is 11.6 Å². The van der Waals surface area contributed by atoms with Gasteiger partial charge < -0.3 is 20.2 Å². The molecule has 0 aliphatic carbocycles. The number of piperidine rings is 1. The first-order valence-electron chi connectivity index (χ1n) is 10.5. The Hall–Kier alpha value is -2.64. The molecule has 31 heavy (non-hydrogen) atoms. The van der Waals surface area contributed by atoms with E-state index in [2.05, 4.69) is 5.32 Å². The number of aliphatic hydroxyl groups is 1. The summed E-state index contributed by atoms with van der Waals surface area (Å²) in [6.45, 7) is 1.72. The van der Waals surface area contributed by atoms with Gasteiger partial charge in [-0.05, 0) is 48.7 Å². The summed E-state index contributed by atoms with van der Waals surface area (Å²) < 4.78 is 14.6. The maximum absolute atomic E-state index is 14.6. The van der Waals surface area contributed by atoms with Crippen molar-refractivity contribution in [3.05, 3.63) is 58.9 Å². The predicted molar refractivity (Wildman–Crippen MR) is 118 cm³/mol. The Morgan fingerprint density at radius 3 is 2.68 bits per heavy atom. The Morgan fingerprint density at radius 2 is 1.97 bits per heavy atom. The number of nitrogens with one attached hydrogen (secondary N) is 1. The van der Waals surface area contributed by atoms with E-state index >= 15 is 0 Å². The highest BCUT2D eigenvalue weighted by molar-refractivity contribution is 6.31. The van der Waals surface area contributed by atoms with Gasteiger partial charge >= 0.3 is 0 Å². The number of carbonyl (C=O) groups excluding carboxylic acids is 2. The van der Waals surface area contributed by atoms with Crippen LogP contribution in [0.2, 0.25) is 5.02 Å². The van der Waals surface area contributed by atoms with Crippen LogP contribution in [-0.2, 0) is 16.1 Å². The zero-order valence-corrected chi connectivity index (χ0v) is 17.8. The van der Waals surface area contributed by atoms with Crippen LogP contribution in [0.4, 0.5) is 15.8 Å². The molecule has 2 aromatic carbocycles. The molecule has 2 heterocycles. The Labute approximate surface area is 185 Å². The molecule has 2 N–H and O–H groups in total. The van der Waals surface area contributed by atoms with Crippen molar-refractivity contribution in [3.63, 3.8) is 0 Å². The van der Waals surface area contributed by atoms with E-state index in [-0.39, 0.29) is 36.7 Å². The monoisotopic (exact) mass is 445 g/mol. The van der Waals surface area contributed by atoms with Crippen molar-refractivity contribution in [2.45, 2.75) is 31.9 Å². The second-order valence-electron chi connectivity index (χ2n) is 8.11. The van der Waals surface area contributed by atoms with Crippen LogP contribution in [0.3, 0.4) is 0 Å². The molecule has 8 heteroatoms. The fourth-order valence-corrected chi connectivity index (χ4v) is 4.32. The standard InChI is InChI=1S/C23H25ClFN3O3/c24-17-2-1-3-18(12-17)28-14-16(11-22(28)30)23(31)26-13-15-4-5-21(20(25)10-15)27-8-6-19(29)7-9-27/h1-5,10,12,16,19,29H,6-9,11,13-14H2,(H,26,31). The first-order chi connectivity index (χ1) is 14.9. The number of hydrogen-bond donors (Lipinski definition) is 2. The Morgan fingerprint density at radius 1 is 1.19 bits per heavy atom. The van der Waals surface area contributed by atoms with Crippen molar-refractivity contribution in [3.8, 4) is 0 Å². The Kier molecular flexibility index (Phi) is 6.43. The summed E-state index contributed by atoms with van der Waals surface area (Å²) in [5, 5.41) is 13.0. The van der Waals surface area contributed by atoms with E-state index in [1.165, 1.54) is 6.07 Å². The molecule has 0 aromatic heterocycles. The molecule has 2 aliphatic heterocycles. The van der Waals surface area contributed by atoms with Gasteiger partial charge in [0.1, 0.15) is 5.82 Å². The Balaban J connectivity index is 1.33. The lowest BCUT2D eigenvalue weighted by atomic mass is 10.1. The molecule has 0 radical (unpaired) electrons. The summed E-state index contributed by atoms with van der Waals surface area (Å²) in [6.07, 6.45) is 1.07. The lowest BCUT2D eigenvalue weighted by Crippen LogP contribution is -2.36. The van der Waals surface area contributed by atoms with Gasteiger partial charge in [0.15, 0.2) is 0 Å². The molecule has 6 nitrogen and oxygen atoms in total. The van der Waals surface area contributed by atoms with Gasteiger partial charge in [0.05, 0.1) is 17.7 Å². The lowest BCUT2D eigenvalue weighted by Gasteiger charge is -2.31. The van der Waals surface area contributed by atoms with Gasteiger partial charge in [-0.25, -0.2) is 4.39 Å². The molecular weight excluding hydrogens is 421 g/mol. The molecule has 2 amide bonds. The molecule has 2 aliphatic rings. The van der Waals surface area contributed by atoms with Crippen molar-refractivity contribution in [2.75, 3.05) is 29.4 Å². The minimum atomic E-state index is -0.463. The molecule has 4 rings (SSSR count). The quantitative estimate of drug-likeness (QED) is 0.741. The van der Waals surface area contributed by atoms with Gasteiger partial charge in [-0.15, -0.1) is 0 Å². The average molecular weight is 446 g/mol. The van der Waals surface area contributed by atoms with E-state index in [0.717, 1.165) is 0 Å². The van der Waals surface area contributed by atoms with Crippen LogP contribution in [-0.4, -0.2) is 42.7 Å².